The Hall–Kier alpha value is -4.60. The molecule has 0 fully saturated rings. The average molecular weight is 561 g/mol. The van der Waals surface area contributed by atoms with Gasteiger partial charge in [-0.15, -0.1) is 0 Å². The third-order valence-corrected chi connectivity index (χ3v) is 6.54. The van der Waals surface area contributed by atoms with Crippen LogP contribution < -0.4 is 10.6 Å². The first-order valence-electron chi connectivity index (χ1n) is 13.3. The van der Waals surface area contributed by atoms with Crippen molar-refractivity contribution in [1.29, 1.82) is 0 Å². The molecular weight excluding hydrogens is 520 g/mol. The summed E-state index contributed by atoms with van der Waals surface area (Å²) in [5.41, 5.74) is 3.37. The number of H-pyrrole nitrogens is 1. The van der Waals surface area contributed by atoms with Crippen LogP contribution in [0.2, 0.25) is 0 Å². The molecule has 2 aromatic heterocycles. The average Bonchev–Trinajstić information content (AvgIpc) is 3.53. The highest BCUT2D eigenvalue weighted by molar-refractivity contribution is 6.04. The number of imidazole rings is 1. The van der Waals surface area contributed by atoms with Gasteiger partial charge in [-0.25, -0.2) is 4.98 Å². The molecule has 0 bridgehead atoms. The molecule has 2 aromatic carbocycles. The number of aromatic hydroxyl groups is 2. The van der Waals surface area contributed by atoms with Crippen LogP contribution in [0.25, 0.3) is 0 Å². The molecule has 0 aliphatic rings. The van der Waals surface area contributed by atoms with Crippen LogP contribution in [0.5, 0.6) is 11.5 Å². The molecule has 10 heteroatoms. The number of phenols is 2. The number of nitrogens with one attached hydrogen (secondary N) is 3. The van der Waals surface area contributed by atoms with Gasteiger partial charge < -0.3 is 20.1 Å². The van der Waals surface area contributed by atoms with E-state index in [4.69, 9.17) is 0 Å². The van der Waals surface area contributed by atoms with E-state index in [1.165, 1.54) is 0 Å². The number of carbonyl (C=O) groups is 2. The molecule has 10 nitrogen and oxygen atoms in total. The van der Waals surface area contributed by atoms with Gasteiger partial charge in [-0.2, -0.15) is 5.10 Å². The fourth-order valence-corrected chi connectivity index (χ4v) is 4.18. The maximum absolute atomic E-state index is 12.7. The normalized spacial score (nSPS) is 11.4. The second kappa shape index (κ2) is 11.9. The van der Waals surface area contributed by atoms with Crippen molar-refractivity contribution in [3.8, 4) is 11.5 Å². The quantitative estimate of drug-likeness (QED) is 0.208. The number of carbonyl (C=O) groups excluding carboxylic acids is 2. The maximum atomic E-state index is 12.7. The fourth-order valence-electron chi connectivity index (χ4n) is 4.18. The van der Waals surface area contributed by atoms with E-state index >= 15 is 0 Å². The number of hydrogen-bond acceptors (Lipinski definition) is 6. The van der Waals surface area contributed by atoms with E-state index in [-0.39, 0.29) is 34.1 Å². The summed E-state index contributed by atoms with van der Waals surface area (Å²) in [4.78, 5) is 28.7. The van der Waals surface area contributed by atoms with E-state index in [2.05, 4.69) is 25.8 Å². The van der Waals surface area contributed by atoms with Crippen molar-refractivity contribution in [3.05, 3.63) is 82.3 Å². The molecule has 0 unspecified atom stereocenters. The SMILES string of the molecule is Cc1cc(C(=O)Nc2ccn[nH]2)cc(C)c1O.Cn1ccnc1NC(=O)c1cc(C(C)(C)C)c(O)c(C(C)(C)C)c1. The van der Waals surface area contributed by atoms with Crippen LogP contribution in [0, 0.1) is 13.8 Å². The molecule has 2 heterocycles. The summed E-state index contributed by atoms with van der Waals surface area (Å²) in [6.45, 7) is 15.7. The van der Waals surface area contributed by atoms with Crippen LogP contribution in [0.4, 0.5) is 11.8 Å². The van der Waals surface area contributed by atoms with Crippen LogP contribution in [0.15, 0.2) is 48.9 Å². The van der Waals surface area contributed by atoms with Crippen molar-refractivity contribution in [1.82, 2.24) is 19.7 Å². The minimum absolute atomic E-state index is 0.225. The number of phenolic OH excluding ortho intramolecular Hbond substituents is 2. The number of nitrogens with zero attached hydrogens (tertiary/aromatic N) is 3. The molecule has 218 valence electrons. The number of aromatic nitrogens is 4. The molecule has 2 amide bonds. The predicted molar refractivity (Wildman–Crippen MR) is 161 cm³/mol. The van der Waals surface area contributed by atoms with Gasteiger partial charge in [-0.3, -0.25) is 20.0 Å². The van der Waals surface area contributed by atoms with E-state index in [1.54, 1.807) is 67.3 Å². The van der Waals surface area contributed by atoms with E-state index < -0.39 is 0 Å². The van der Waals surface area contributed by atoms with Crippen molar-refractivity contribution in [2.24, 2.45) is 7.05 Å². The molecule has 41 heavy (non-hydrogen) atoms. The molecule has 0 saturated carbocycles. The Bertz CT molecular complexity index is 1480. The van der Waals surface area contributed by atoms with Gasteiger partial charge >= 0.3 is 0 Å². The highest BCUT2D eigenvalue weighted by Crippen LogP contribution is 2.39. The van der Waals surface area contributed by atoms with Crippen LogP contribution >= 0.6 is 0 Å². The maximum Gasteiger partial charge on any atom is 0.257 e. The molecule has 0 saturated heterocycles. The first-order chi connectivity index (χ1) is 19.0. The van der Waals surface area contributed by atoms with Crippen LogP contribution in [0.3, 0.4) is 0 Å². The molecule has 0 aliphatic carbocycles. The van der Waals surface area contributed by atoms with E-state index in [1.807, 2.05) is 48.6 Å². The summed E-state index contributed by atoms with van der Waals surface area (Å²) >= 11 is 0. The van der Waals surface area contributed by atoms with Gasteiger partial charge in [0.25, 0.3) is 11.8 Å². The largest absolute Gasteiger partial charge is 0.507 e. The lowest BCUT2D eigenvalue weighted by molar-refractivity contribution is 0.101. The summed E-state index contributed by atoms with van der Waals surface area (Å²) in [7, 11) is 1.82. The highest BCUT2D eigenvalue weighted by atomic mass is 16.3. The standard InChI is InChI=1S/C19H27N3O2.C12H13N3O2/c1-18(2,3)13-10-12(11-14(15(13)23)19(4,5)6)16(24)21-17-20-8-9-22(17)7;1-7-5-9(6-8(2)11(7)16)12(17)14-10-3-4-13-15-10/h8-11,23H,1-7H3,(H,20,21,24);3-6,16H,1-2H3,(H2,13,14,15,17). The van der Waals surface area contributed by atoms with Gasteiger partial charge in [-0.1, -0.05) is 41.5 Å². The molecule has 4 rings (SSSR count). The topological polar surface area (TPSA) is 145 Å². The first-order valence-corrected chi connectivity index (χ1v) is 13.3. The molecule has 0 atom stereocenters. The summed E-state index contributed by atoms with van der Waals surface area (Å²) < 4.78 is 1.74. The molecule has 0 aliphatic heterocycles. The monoisotopic (exact) mass is 560 g/mol. The zero-order valence-corrected chi connectivity index (χ0v) is 25.2. The third kappa shape index (κ3) is 7.53. The van der Waals surface area contributed by atoms with Gasteiger partial charge in [0.15, 0.2) is 0 Å². The van der Waals surface area contributed by atoms with Crippen molar-refractivity contribution >= 4 is 23.6 Å². The van der Waals surface area contributed by atoms with Gasteiger partial charge in [0, 0.05) is 47.8 Å². The number of benzene rings is 2. The highest BCUT2D eigenvalue weighted by Gasteiger charge is 2.28. The minimum Gasteiger partial charge on any atom is -0.507 e. The number of amides is 2. The molecule has 0 radical (unpaired) electrons. The molecule has 4 aromatic rings. The third-order valence-electron chi connectivity index (χ3n) is 6.54. The Morgan fingerprint density at radius 2 is 1.32 bits per heavy atom. The predicted octanol–water partition coefficient (Wildman–Crippen LogP) is 5.96. The van der Waals surface area contributed by atoms with Crippen LogP contribution in [0.1, 0.15) is 84.5 Å². The smallest absolute Gasteiger partial charge is 0.257 e. The number of rotatable bonds is 4. The van der Waals surface area contributed by atoms with E-state index in [9.17, 15) is 19.8 Å². The summed E-state index contributed by atoms with van der Waals surface area (Å²) in [5, 5.41) is 32.2. The number of hydrogen-bond donors (Lipinski definition) is 5. The van der Waals surface area contributed by atoms with Gasteiger partial charge in [0.1, 0.15) is 17.3 Å². The van der Waals surface area contributed by atoms with Gasteiger partial charge in [0.05, 0.1) is 6.20 Å². The Balaban J connectivity index is 0.000000239. The Kier molecular flexibility index (Phi) is 8.96. The van der Waals surface area contributed by atoms with E-state index in [0.29, 0.717) is 34.0 Å². The fraction of sp³-hybridized carbons (Fsp3) is 0.355. The Labute approximate surface area is 240 Å². The number of anilines is 2. The van der Waals surface area contributed by atoms with Gasteiger partial charge in [0.2, 0.25) is 5.95 Å². The second-order valence-corrected chi connectivity index (χ2v) is 12.1. The summed E-state index contributed by atoms with van der Waals surface area (Å²) in [6.07, 6.45) is 4.96. The number of aryl methyl sites for hydroxylation is 3. The minimum atomic E-state index is -0.274. The second-order valence-electron chi connectivity index (χ2n) is 12.1. The lowest BCUT2D eigenvalue weighted by Gasteiger charge is -2.28. The van der Waals surface area contributed by atoms with E-state index in [0.717, 1.165) is 11.1 Å². The lowest BCUT2D eigenvalue weighted by atomic mass is 9.78. The van der Waals surface area contributed by atoms with Crippen molar-refractivity contribution in [3.63, 3.8) is 0 Å². The zero-order valence-electron chi connectivity index (χ0n) is 25.2. The molecule has 5 N–H and O–H groups in total. The van der Waals surface area contributed by atoms with Gasteiger partial charge in [-0.05, 0) is 60.1 Å². The zero-order chi connectivity index (χ0) is 30.7. The summed E-state index contributed by atoms with van der Waals surface area (Å²) in [6, 6.07) is 8.49. The van der Waals surface area contributed by atoms with Crippen molar-refractivity contribution < 1.29 is 19.8 Å². The van der Waals surface area contributed by atoms with Crippen LogP contribution in [-0.2, 0) is 17.9 Å². The summed E-state index contributed by atoms with van der Waals surface area (Å²) in [5.74, 6) is 1.05. The molecular formula is C31H40N6O4. The van der Waals surface area contributed by atoms with Crippen molar-refractivity contribution in [2.45, 2.75) is 66.2 Å². The van der Waals surface area contributed by atoms with Crippen molar-refractivity contribution in [2.75, 3.05) is 10.6 Å². The first kappa shape index (κ1) is 30.9. The Morgan fingerprint density at radius 3 is 1.76 bits per heavy atom. The van der Waals surface area contributed by atoms with Crippen LogP contribution in [-0.4, -0.2) is 41.8 Å². The Morgan fingerprint density at radius 1 is 0.805 bits per heavy atom. The molecule has 0 spiro atoms. The lowest BCUT2D eigenvalue weighted by Crippen LogP contribution is -2.21. The number of aromatic amines is 1.